The molecule has 1 amide bonds. The van der Waals surface area contributed by atoms with Crippen molar-refractivity contribution in [1.82, 2.24) is 9.88 Å². The zero-order valence-electron chi connectivity index (χ0n) is 29.8. The first-order valence-electron chi connectivity index (χ1n) is 18.6. The van der Waals surface area contributed by atoms with Gasteiger partial charge in [0.2, 0.25) is 5.91 Å². The number of rotatable bonds is 19. The lowest BCUT2D eigenvalue weighted by molar-refractivity contribution is -0.144. The first kappa shape index (κ1) is 39.9. The van der Waals surface area contributed by atoms with Crippen molar-refractivity contribution in [3.63, 3.8) is 0 Å². The molecule has 288 valence electrons. The van der Waals surface area contributed by atoms with E-state index in [2.05, 4.69) is 11.1 Å². The minimum Gasteiger partial charge on any atom is -0.490 e. The number of aliphatic hydroxyl groups excluding tert-OH is 6. The fraction of sp³-hybridized carbons (Fsp3) is 0.550. The third-order valence-electron chi connectivity index (χ3n) is 10.5. The van der Waals surface area contributed by atoms with E-state index in [1.807, 2.05) is 48.7 Å². The summed E-state index contributed by atoms with van der Waals surface area (Å²) >= 11 is 8.26. The Kier molecular flexibility index (Phi) is 13.7. The first-order valence-corrected chi connectivity index (χ1v) is 20.0. The normalized spacial score (nSPS) is 21.7. The number of carbonyl (C=O) groups is 1. The zero-order valence-corrected chi connectivity index (χ0v) is 31.4. The molecule has 2 aromatic carbocycles. The summed E-state index contributed by atoms with van der Waals surface area (Å²) in [4.78, 5) is 20.5. The van der Waals surface area contributed by atoms with E-state index in [1.165, 1.54) is 4.90 Å². The standard InChI is InChI=1S/C40H51ClN2O9S/c41-33-14-13-29(53-19-3-6-37(48)43(26-7-9-27(45)10-8-26)22-34(46)38(49)39(50)35(47)23-44)20-25(33)24-51-40(16-17-40)32-21-42-18-15-30(32)31-4-1-2-5-36(31)52-28-11-12-28/h1-2,4-5,13-15,18,20-21,26-28,34-35,38-39,44-47,49-50H,3,6-12,16-17,19,22-24H2/t26-,27+,34-,35+,38+,39+/m1/s1. The van der Waals surface area contributed by atoms with Gasteiger partial charge < -0.3 is 45.0 Å². The van der Waals surface area contributed by atoms with Crippen molar-refractivity contribution in [2.24, 2.45) is 0 Å². The quantitative estimate of drug-likeness (QED) is 0.0744. The fourth-order valence-electron chi connectivity index (χ4n) is 6.98. The van der Waals surface area contributed by atoms with Gasteiger partial charge in [-0.3, -0.25) is 9.78 Å². The second kappa shape index (κ2) is 18.2. The molecule has 1 heterocycles. The van der Waals surface area contributed by atoms with Gasteiger partial charge in [0.1, 0.15) is 30.2 Å². The molecule has 6 N–H and O–H groups in total. The Hall–Kier alpha value is -2.78. The number of aromatic nitrogens is 1. The van der Waals surface area contributed by atoms with Crippen LogP contribution < -0.4 is 4.74 Å². The lowest BCUT2D eigenvalue weighted by Crippen LogP contribution is -2.53. The molecule has 0 radical (unpaired) electrons. The summed E-state index contributed by atoms with van der Waals surface area (Å²) in [6.07, 6.45) is 3.63. The smallest absolute Gasteiger partial charge is 0.222 e. The van der Waals surface area contributed by atoms with Crippen LogP contribution in [-0.4, -0.2) is 108 Å². The molecule has 0 unspecified atom stereocenters. The molecule has 0 aliphatic heterocycles. The van der Waals surface area contributed by atoms with Crippen molar-refractivity contribution >= 4 is 29.3 Å². The van der Waals surface area contributed by atoms with E-state index in [1.54, 1.807) is 18.0 Å². The molecule has 0 saturated heterocycles. The first-order chi connectivity index (χ1) is 25.6. The van der Waals surface area contributed by atoms with E-state index >= 15 is 0 Å². The molecule has 0 spiro atoms. The maximum Gasteiger partial charge on any atom is 0.222 e. The molecule has 13 heteroatoms. The number of nitrogens with zero attached hydrogens (tertiary/aromatic N) is 2. The Morgan fingerprint density at radius 1 is 0.962 bits per heavy atom. The van der Waals surface area contributed by atoms with E-state index in [9.17, 15) is 30.3 Å². The third-order valence-corrected chi connectivity index (χ3v) is 11.9. The molecule has 3 saturated carbocycles. The fourth-order valence-corrected chi connectivity index (χ4v) is 8.06. The molecule has 3 aliphatic rings. The minimum absolute atomic E-state index is 0.199. The van der Waals surface area contributed by atoms with Gasteiger partial charge in [0.05, 0.1) is 31.0 Å². The molecule has 3 aromatic rings. The Morgan fingerprint density at radius 2 is 1.70 bits per heavy atom. The lowest BCUT2D eigenvalue weighted by atomic mass is 9.91. The molecular formula is C40H51ClN2O9S. The highest BCUT2D eigenvalue weighted by molar-refractivity contribution is 7.99. The number of ether oxygens (including phenoxy) is 2. The van der Waals surface area contributed by atoms with Gasteiger partial charge in [0.25, 0.3) is 0 Å². The average molecular weight is 771 g/mol. The topological polar surface area (TPSA) is 173 Å². The lowest BCUT2D eigenvalue weighted by Gasteiger charge is -2.38. The van der Waals surface area contributed by atoms with E-state index in [0.717, 1.165) is 58.6 Å². The monoisotopic (exact) mass is 770 g/mol. The number of benzene rings is 2. The second-order valence-electron chi connectivity index (χ2n) is 14.5. The summed E-state index contributed by atoms with van der Waals surface area (Å²) in [5.74, 6) is 1.32. The van der Waals surface area contributed by atoms with Crippen LogP contribution in [-0.2, 0) is 21.7 Å². The summed E-state index contributed by atoms with van der Waals surface area (Å²) in [5, 5.41) is 60.7. The molecule has 53 heavy (non-hydrogen) atoms. The summed E-state index contributed by atoms with van der Waals surface area (Å²) in [5.41, 5.74) is 3.53. The van der Waals surface area contributed by atoms with Gasteiger partial charge in [-0.1, -0.05) is 29.8 Å². The van der Waals surface area contributed by atoms with Crippen LogP contribution in [0.15, 0.2) is 65.8 Å². The number of thioether (sulfide) groups is 1. The van der Waals surface area contributed by atoms with Crippen molar-refractivity contribution in [2.75, 3.05) is 18.9 Å². The maximum absolute atomic E-state index is 13.5. The Balaban J connectivity index is 1.05. The number of hydrogen-bond donors (Lipinski definition) is 6. The van der Waals surface area contributed by atoms with Crippen LogP contribution in [0, 0.1) is 0 Å². The Labute approximate surface area is 319 Å². The zero-order chi connectivity index (χ0) is 37.5. The highest BCUT2D eigenvalue weighted by Gasteiger charge is 2.48. The Bertz CT molecular complexity index is 1670. The number of amides is 1. The minimum atomic E-state index is -1.77. The van der Waals surface area contributed by atoms with Gasteiger partial charge >= 0.3 is 0 Å². The molecule has 3 fully saturated rings. The van der Waals surface area contributed by atoms with Crippen LogP contribution in [0.3, 0.4) is 0 Å². The van der Waals surface area contributed by atoms with Crippen LogP contribution in [0.1, 0.15) is 75.3 Å². The predicted octanol–water partition coefficient (Wildman–Crippen LogP) is 4.59. The largest absolute Gasteiger partial charge is 0.490 e. The molecule has 11 nitrogen and oxygen atoms in total. The van der Waals surface area contributed by atoms with E-state index in [0.29, 0.717) is 49.5 Å². The van der Waals surface area contributed by atoms with E-state index < -0.39 is 42.7 Å². The SMILES string of the molecule is O=C(CCCSc1ccc(Cl)c(COC2(c3cnccc3-c3ccccc3OC3CC3)CC2)c1)N(C[C@@H](O)[C@H](O)[C@@H](O)[C@@H](O)CO)[C@H]1CC[C@@H](O)CC1. The third kappa shape index (κ3) is 10.3. The van der Waals surface area contributed by atoms with Gasteiger partial charge in [-0.15, -0.1) is 11.8 Å². The van der Waals surface area contributed by atoms with Crippen LogP contribution in [0.4, 0.5) is 0 Å². The van der Waals surface area contributed by atoms with Crippen LogP contribution in [0.2, 0.25) is 5.02 Å². The summed E-state index contributed by atoms with van der Waals surface area (Å²) < 4.78 is 12.9. The van der Waals surface area contributed by atoms with Crippen LogP contribution in [0.5, 0.6) is 5.75 Å². The maximum atomic E-state index is 13.5. The van der Waals surface area contributed by atoms with Gasteiger partial charge in [0.15, 0.2) is 0 Å². The van der Waals surface area contributed by atoms with Gasteiger partial charge in [-0.25, -0.2) is 0 Å². The van der Waals surface area contributed by atoms with E-state index in [4.69, 9.17) is 26.2 Å². The van der Waals surface area contributed by atoms with E-state index in [-0.39, 0.29) is 31.0 Å². The highest BCUT2D eigenvalue weighted by atomic mass is 35.5. The average Bonchev–Trinajstić information content (AvgIpc) is 4.13. The van der Waals surface area contributed by atoms with Crippen molar-refractivity contribution in [3.8, 4) is 16.9 Å². The van der Waals surface area contributed by atoms with Crippen LogP contribution in [0.25, 0.3) is 11.1 Å². The number of carbonyl (C=O) groups excluding carboxylic acids is 1. The predicted molar refractivity (Wildman–Crippen MR) is 202 cm³/mol. The Morgan fingerprint density at radius 3 is 2.42 bits per heavy atom. The highest BCUT2D eigenvalue weighted by Crippen LogP contribution is 2.53. The summed E-state index contributed by atoms with van der Waals surface area (Å²) in [7, 11) is 0. The van der Waals surface area contributed by atoms with Crippen molar-refractivity contribution < 1.29 is 44.9 Å². The van der Waals surface area contributed by atoms with Gasteiger partial charge in [0, 0.05) is 52.4 Å². The van der Waals surface area contributed by atoms with Crippen LogP contribution >= 0.6 is 23.4 Å². The number of halogens is 1. The number of pyridine rings is 1. The van der Waals surface area contributed by atoms with Crippen molar-refractivity contribution in [2.45, 2.75) is 124 Å². The molecule has 4 atom stereocenters. The number of aliphatic hydroxyl groups is 6. The molecule has 6 rings (SSSR count). The second-order valence-corrected chi connectivity index (χ2v) is 16.1. The van der Waals surface area contributed by atoms with Gasteiger partial charge in [-0.2, -0.15) is 0 Å². The molecule has 1 aromatic heterocycles. The van der Waals surface area contributed by atoms with Gasteiger partial charge in [-0.05, 0) is 105 Å². The van der Waals surface area contributed by atoms with Crippen molar-refractivity contribution in [3.05, 3.63) is 77.1 Å². The molecule has 3 aliphatic carbocycles. The molecule has 0 bridgehead atoms. The number of hydrogen-bond acceptors (Lipinski definition) is 11. The molecular weight excluding hydrogens is 720 g/mol. The number of para-hydroxylation sites is 1. The van der Waals surface area contributed by atoms with Crippen molar-refractivity contribution in [1.29, 1.82) is 0 Å². The summed E-state index contributed by atoms with van der Waals surface area (Å²) in [6, 6.07) is 15.8. The summed E-state index contributed by atoms with van der Waals surface area (Å²) in [6.45, 7) is -0.706.